The van der Waals surface area contributed by atoms with Crippen LogP contribution in [0.4, 0.5) is 0 Å². The zero-order chi connectivity index (χ0) is 10.4. The van der Waals surface area contributed by atoms with Crippen molar-refractivity contribution in [1.29, 1.82) is 0 Å². The molecule has 15 heavy (non-hydrogen) atoms. The molecule has 2 aliphatic heterocycles. The van der Waals surface area contributed by atoms with Gasteiger partial charge in [-0.1, -0.05) is 15.9 Å². The van der Waals surface area contributed by atoms with Crippen LogP contribution in [0.1, 0.15) is 23.2 Å². The molecule has 0 N–H and O–H groups in total. The Hall–Kier alpha value is -1.03. The summed E-state index contributed by atoms with van der Waals surface area (Å²) in [5.41, 5.74) is 0.669. The minimum absolute atomic E-state index is 0.0359. The van der Waals surface area contributed by atoms with Gasteiger partial charge in [-0.05, 0) is 24.6 Å². The van der Waals surface area contributed by atoms with E-state index in [4.69, 9.17) is 4.74 Å². The summed E-state index contributed by atoms with van der Waals surface area (Å²) in [6.07, 6.45) is 1.94. The normalized spacial score (nSPS) is 23.4. The van der Waals surface area contributed by atoms with Gasteiger partial charge >= 0.3 is 0 Å². The zero-order valence-corrected chi connectivity index (χ0v) is 9.66. The Labute approximate surface area is 96.1 Å². The lowest BCUT2D eigenvalue weighted by Gasteiger charge is -2.31. The summed E-state index contributed by atoms with van der Waals surface area (Å²) in [6.45, 7) is 0.815. The SMILES string of the molecule is O=C1c2cc(Br)ccc2OC2CCCN12. The van der Waals surface area contributed by atoms with Crippen LogP contribution in [0.15, 0.2) is 22.7 Å². The second-order valence-electron chi connectivity index (χ2n) is 3.85. The molecule has 0 radical (unpaired) electrons. The fourth-order valence-electron chi connectivity index (χ4n) is 2.16. The first-order valence-corrected chi connectivity index (χ1v) is 5.82. The fourth-order valence-corrected chi connectivity index (χ4v) is 2.53. The number of nitrogens with zero attached hydrogens (tertiary/aromatic N) is 1. The number of halogens is 1. The van der Waals surface area contributed by atoms with Crippen LogP contribution in [0.3, 0.4) is 0 Å². The Kier molecular flexibility index (Phi) is 1.99. The monoisotopic (exact) mass is 267 g/mol. The van der Waals surface area contributed by atoms with Crippen LogP contribution in [0.5, 0.6) is 5.75 Å². The second-order valence-corrected chi connectivity index (χ2v) is 4.77. The van der Waals surface area contributed by atoms with Crippen LogP contribution >= 0.6 is 15.9 Å². The maximum absolute atomic E-state index is 12.1. The van der Waals surface area contributed by atoms with Crippen molar-refractivity contribution in [3.8, 4) is 5.75 Å². The molecule has 3 nitrogen and oxygen atoms in total. The number of rotatable bonds is 0. The number of hydrogen-bond acceptors (Lipinski definition) is 2. The summed E-state index contributed by atoms with van der Waals surface area (Å²) < 4.78 is 6.68. The van der Waals surface area contributed by atoms with Gasteiger partial charge in [-0.2, -0.15) is 0 Å². The van der Waals surface area contributed by atoms with Crippen molar-refractivity contribution in [2.45, 2.75) is 19.1 Å². The summed E-state index contributed by atoms with van der Waals surface area (Å²) in [7, 11) is 0. The highest BCUT2D eigenvalue weighted by molar-refractivity contribution is 9.10. The molecule has 1 aromatic carbocycles. The molecule has 2 aliphatic rings. The molecule has 0 aliphatic carbocycles. The first-order chi connectivity index (χ1) is 7.25. The zero-order valence-electron chi connectivity index (χ0n) is 8.07. The van der Waals surface area contributed by atoms with E-state index in [9.17, 15) is 4.79 Å². The van der Waals surface area contributed by atoms with Gasteiger partial charge in [-0.3, -0.25) is 4.79 Å². The Morgan fingerprint density at radius 1 is 1.47 bits per heavy atom. The molecule has 78 valence electrons. The highest BCUT2D eigenvalue weighted by atomic mass is 79.9. The van der Waals surface area contributed by atoms with Gasteiger partial charge in [0.25, 0.3) is 5.91 Å². The molecule has 1 aromatic rings. The van der Waals surface area contributed by atoms with Crippen molar-refractivity contribution in [1.82, 2.24) is 4.90 Å². The van der Waals surface area contributed by atoms with E-state index in [0.717, 1.165) is 23.9 Å². The second kappa shape index (κ2) is 3.23. The molecule has 0 bridgehead atoms. The van der Waals surface area contributed by atoms with Crippen LogP contribution in [-0.2, 0) is 0 Å². The molecule has 0 aromatic heterocycles. The number of benzene rings is 1. The highest BCUT2D eigenvalue weighted by Crippen LogP contribution is 2.34. The van der Waals surface area contributed by atoms with Crippen LogP contribution in [0, 0.1) is 0 Å². The van der Waals surface area contributed by atoms with E-state index < -0.39 is 0 Å². The van der Waals surface area contributed by atoms with Crippen molar-refractivity contribution < 1.29 is 9.53 Å². The molecule has 2 heterocycles. The Morgan fingerprint density at radius 2 is 2.33 bits per heavy atom. The summed E-state index contributed by atoms with van der Waals surface area (Å²) >= 11 is 3.36. The molecule has 3 rings (SSSR count). The smallest absolute Gasteiger partial charge is 0.260 e. The third kappa shape index (κ3) is 1.35. The van der Waals surface area contributed by atoms with Crippen molar-refractivity contribution in [3.63, 3.8) is 0 Å². The lowest BCUT2D eigenvalue weighted by molar-refractivity contribution is 0.0294. The van der Waals surface area contributed by atoms with Crippen LogP contribution < -0.4 is 4.74 Å². The standard InChI is InChI=1S/C11H10BrNO2/c12-7-3-4-9-8(6-7)11(14)13-5-1-2-10(13)15-9/h3-4,6,10H,1-2,5H2. The minimum Gasteiger partial charge on any atom is -0.470 e. The van der Waals surface area contributed by atoms with Crippen LogP contribution in [0.2, 0.25) is 0 Å². The first-order valence-electron chi connectivity index (χ1n) is 5.03. The maximum Gasteiger partial charge on any atom is 0.260 e. The quantitative estimate of drug-likeness (QED) is 0.723. The molecule has 1 atom stereocenters. The van der Waals surface area contributed by atoms with Gasteiger partial charge in [0.05, 0.1) is 5.56 Å². The first kappa shape index (κ1) is 9.21. The van der Waals surface area contributed by atoms with Gasteiger partial charge < -0.3 is 9.64 Å². The molecule has 1 unspecified atom stereocenters. The molecule has 1 fully saturated rings. The molecule has 0 saturated carbocycles. The fraction of sp³-hybridized carbons (Fsp3) is 0.364. The van der Waals surface area contributed by atoms with Gasteiger partial charge in [-0.15, -0.1) is 0 Å². The molecular formula is C11H10BrNO2. The lowest BCUT2D eigenvalue weighted by Crippen LogP contribution is -2.42. The molecule has 1 amide bonds. The van der Waals surface area contributed by atoms with Crippen molar-refractivity contribution in [2.24, 2.45) is 0 Å². The van der Waals surface area contributed by atoms with Crippen LogP contribution in [-0.4, -0.2) is 23.6 Å². The summed E-state index contributed by atoms with van der Waals surface area (Å²) in [4.78, 5) is 13.9. The van der Waals surface area contributed by atoms with E-state index in [-0.39, 0.29) is 12.1 Å². The molecular weight excluding hydrogens is 258 g/mol. The van der Waals surface area contributed by atoms with Gasteiger partial charge in [0.15, 0.2) is 6.23 Å². The topological polar surface area (TPSA) is 29.5 Å². The summed E-state index contributed by atoms with van der Waals surface area (Å²) in [5, 5.41) is 0. The average Bonchev–Trinajstić information content (AvgIpc) is 2.68. The van der Waals surface area contributed by atoms with Crippen LogP contribution in [0.25, 0.3) is 0 Å². The van der Waals surface area contributed by atoms with E-state index in [1.807, 2.05) is 23.1 Å². The number of carbonyl (C=O) groups is 1. The van der Waals surface area contributed by atoms with Gasteiger partial charge in [0.1, 0.15) is 5.75 Å². The Bertz CT molecular complexity index is 433. The summed E-state index contributed by atoms with van der Waals surface area (Å²) in [6, 6.07) is 5.58. The number of amides is 1. The number of carbonyl (C=O) groups excluding carboxylic acids is 1. The Balaban J connectivity index is 2.09. The van der Waals surface area contributed by atoms with E-state index in [1.165, 1.54) is 0 Å². The third-order valence-electron chi connectivity index (χ3n) is 2.89. The van der Waals surface area contributed by atoms with Crippen molar-refractivity contribution in [2.75, 3.05) is 6.54 Å². The lowest BCUT2D eigenvalue weighted by atomic mass is 10.1. The number of hydrogen-bond donors (Lipinski definition) is 0. The average molecular weight is 268 g/mol. The van der Waals surface area contributed by atoms with E-state index >= 15 is 0 Å². The van der Waals surface area contributed by atoms with E-state index in [0.29, 0.717) is 11.3 Å². The van der Waals surface area contributed by atoms with Crippen molar-refractivity contribution >= 4 is 21.8 Å². The molecule has 0 spiro atoms. The van der Waals surface area contributed by atoms with Gasteiger partial charge in [0.2, 0.25) is 0 Å². The van der Waals surface area contributed by atoms with E-state index in [2.05, 4.69) is 15.9 Å². The van der Waals surface area contributed by atoms with Gasteiger partial charge in [-0.25, -0.2) is 0 Å². The largest absolute Gasteiger partial charge is 0.470 e. The molecule has 4 heteroatoms. The maximum atomic E-state index is 12.1. The Morgan fingerprint density at radius 3 is 3.20 bits per heavy atom. The molecule has 1 saturated heterocycles. The predicted molar refractivity (Wildman–Crippen MR) is 58.8 cm³/mol. The van der Waals surface area contributed by atoms with Gasteiger partial charge in [0, 0.05) is 17.4 Å². The van der Waals surface area contributed by atoms with E-state index in [1.54, 1.807) is 0 Å². The highest BCUT2D eigenvalue weighted by Gasteiger charge is 2.36. The predicted octanol–water partition coefficient (Wildman–Crippen LogP) is 2.40. The van der Waals surface area contributed by atoms with Crippen molar-refractivity contribution in [3.05, 3.63) is 28.2 Å². The number of fused-ring (bicyclic) bond motifs is 2. The minimum atomic E-state index is -0.0359. The third-order valence-corrected chi connectivity index (χ3v) is 3.39. The summed E-state index contributed by atoms with van der Waals surface area (Å²) in [5.74, 6) is 0.811. The number of ether oxygens (including phenoxy) is 1.